The summed E-state index contributed by atoms with van der Waals surface area (Å²) in [5.74, 6) is -0.871. The summed E-state index contributed by atoms with van der Waals surface area (Å²) in [6, 6.07) is 5.82. The third-order valence-corrected chi connectivity index (χ3v) is 7.58. The van der Waals surface area contributed by atoms with E-state index in [2.05, 4.69) is 4.99 Å². The average Bonchev–Trinajstić information content (AvgIpc) is 3.31. The molecule has 1 amide bonds. The molecule has 0 radical (unpaired) electrons. The number of ether oxygens (including phenoxy) is 3. The van der Waals surface area contributed by atoms with E-state index in [0.717, 1.165) is 24.2 Å². The second kappa shape index (κ2) is 12.7. The van der Waals surface area contributed by atoms with Gasteiger partial charge in [-0.05, 0) is 67.4 Å². The highest BCUT2D eigenvalue weighted by molar-refractivity contribution is 8.18. The van der Waals surface area contributed by atoms with E-state index in [-0.39, 0.29) is 36.1 Å². The number of nitrogens with zero attached hydrogens (tertiary/aromatic N) is 2. The maximum atomic E-state index is 13.5. The molecule has 0 saturated carbocycles. The first-order valence-corrected chi connectivity index (χ1v) is 13.6. The molecule has 42 heavy (non-hydrogen) atoms. The molecule has 0 spiro atoms. The van der Waals surface area contributed by atoms with Crippen LogP contribution in [-0.4, -0.2) is 48.8 Å². The minimum Gasteiger partial charge on any atom is -0.493 e. The molecular weight excluding hydrogens is 590 g/mol. The first-order valence-electron chi connectivity index (χ1n) is 12.8. The predicted molar refractivity (Wildman–Crippen MR) is 143 cm³/mol. The van der Waals surface area contributed by atoms with Crippen LogP contribution in [0.15, 0.2) is 46.3 Å². The van der Waals surface area contributed by atoms with Crippen molar-refractivity contribution in [3.05, 3.63) is 63.6 Å². The van der Waals surface area contributed by atoms with Gasteiger partial charge in [-0.2, -0.15) is 31.3 Å². The number of benzene rings is 2. The SMILES string of the molecule is CCOC(=O)C1CCCN(C2=NC(=O)C(=Cc3ccc(OCc4ccc(C(F)(F)F)cc4C(F)(F)F)c(OC)c3)S2)C1. The number of esters is 1. The van der Waals surface area contributed by atoms with Crippen LogP contribution in [0.4, 0.5) is 26.3 Å². The Morgan fingerprint density at radius 2 is 1.86 bits per heavy atom. The highest BCUT2D eigenvalue weighted by Gasteiger charge is 2.38. The molecule has 0 aromatic heterocycles. The fourth-order valence-electron chi connectivity index (χ4n) is 4.48. The van der Waals surface area contributed by atoms with Gasteiger partial charge in [0.05, 0.1) is 35.7 Å². The lowest BCUT2D eigenvalue weighted by Crippen LogP contribution is -2.41. The molecular formula is C28H26F6N2O5S. The summed E-state index contributed by atoms with van der Waals surface area (Å²) in [5, 5.41) is 0.476. The van der Waals surface area contributed by atoms with Crippen LogP contribution in [0, 0.1) is 5.92 Å². The van der Waals surface area contributed by atoms with Crippen LogP contribution >= 0.6 is 11.8 Å². The van der Waals surface area contributed by atoms with Crippen LogP contribution in [0.25, 0.3) is 6.08 Å². The van der Waals surface area contributed by atoms with Gasteiger partial charge in [0, 0.05) is 18.7 Å². The highest BCUT2D eigenvalue weighted by atomic mass is 32.2. The average molecular weight is 617 g/mol. The van der Waals surface area contributed by atoms with Crippen molar-refractivity contribution in [2.45, 2.75) is 38.7 Å². The van der Waals surface area contributed by atoms with Gasteiger partial charge in [0.25, 0.3) is 5.91 Å². The standard InChI is InChI=1S/C28H26F6N2O5S/c1-3-40-25(38)17-5-4-10-36(14-17)26-35-24(37)23(42-26)12-16-6-9-21(22(11-16)39-2)41-15-18-7-8-19(27(29,30)31)13-20(18)28(32,33)34/h6-9,11-13,17H,3-5,10,14-15H2,1-2H3. The molecule has 1 saturated heterocycles. The Bertz CT molecular complexity index is 1410. The van der Waals surface area contributed by atoms with E-state index in [9.17, 15) is 35.9 Å². The van der Waals surface area contributed by atoms with Crippen molar-refractivity contribution in [2.75, 3.05) is 26.8 Å². The number of aliphatic imine (C=N–C) groups is 1. The fourth-order valence-corrected chi connectivity index (χ4v) is 5.43. The predicted octanol–water partition coefficient (Wildman–Crippen LogP) is 6.56. The lowest BCUT2D eigenvalue weighted by molar-refractivity contribution is -0.149. The molecule has 2 aliphatic rings. The maximum absolute atomic E-state index is 13.5. The van der Waals surface area contributed by atoms with E-state index in [1.165, 1.54) is 19.2 Å². The van der Waals surface area contributed by atoms with Gasteiger partial charge in [0.2, 0.25) is 0 Å². The number of amidine groups is 1. The molecule has 0 N–H and O–H groups in total. The highest BCUT2D eigenvalue weighted by Crippen LogP contribution is 2.39. The monoisotopic (exact) mass is 616 g/mol. The quantitative estimate of drug-likeness (QED) is 0.198. The Morgan fingerprint density at radius 3 is 2.52 bits per heavy atom. The Hall–Kier alpha value is -3.68. The first-order chi connectivity index (χ1) is 19.8. The molecule has 1 atom stereocenters. The molecule has 0 bridgehead atoms. The number of carbonyl (C=O) groups is 2. The first kappa shape index (κ1) is 31.3. The third-order valence-electron chi connectivity index (χ3n) is 6.53. The summed E-state index contributed by atoms with van der Waals surface area (Å²) in [6.45, 7) is 2.38. The molecule has 1 unspecified atom stereocenters. The number of hydrogen-bond donors (Lipinski definition) is 0. The van der Waals surface area contributed by atoms with Gasteiger partial charge in [-0.3, -0.25) is 9.59 Å². The van der Waals surface area contributed by atoms with Gasteiger partial charge >= 0.3 is 18.3 Å². The van der Waals surface area contributed by atoms with Crippen molar-refractivity contribution in [1.29, 1.82) is 0 Å². The lowest BCUT2D eigenvalue weighted by Gasteiger charge is -2.32. The van der Waals surface area contributed by atoms with Crippen LogP contribution in [0.2, 0.25) is 0 Å². The normalized spacial score (nSPS) is 18.7. The number of halogens is 6. The number of alkyl halides is 6. The summed E-state index contributed by atoms with van der Waals surface area (Å²) >= 11 is 1.16. The van der Waals surface area contributed by atoms with E-state index in [4.69, 9.17) is 14.2 Å². The molecule has 2 heterocycles. The zero-order valence-electron chi connectivity index (χ0n) is 22.5. The van der Waals surface area contributed by atoms with Crippen LogP contribution in [0.1, 0.15) is 42.0 Å². The van der Waals surface area contributed by atoms with Crippen LogP contribution in [0.3, 0.4) is 0 Å². The van der Waals surface area contributed by atoms with Crippen LogP contribution in [0.5, 0.6) is 11.5 Å². The van der Waals surface area contributed by atoms with E-state index in [0.29, 0.717) is 41.2 Å². The minimum atomic E-state index is -5.03. The van der Waals surface area contributed by atoms with Crippen LogP contribution in [-0.2, 0) is 33.3 Å². The van der Waals surface area contributed by atoms with Gasteiger partial charge in [0.15, 0.2) is 16.7 Å². The molecule has 14 heteroatoms. The zero-order chi connectivity index (χ0) is 30.7. The Balaban J connectivity index is 1.47. The smallest absolute Gasteiger partial charge is 0.416 e. The van der Waals surface area contributed by atoms with Crippen LogP contribution < -0.4 is 9.47 Å². The number of piperidine rings is 1. The van der Waals surface area contributed by atoms with Gasteiger partial charge in [-0.15, -0.1) is 0 Å². The summed E-state index contributed by atoms with van der Waals surface area (Å²) in [4.78, 5) is 31.1. The Morgan fingerprint density at radius 1 is 1.10 bits per heavy atom. The molecule has 2 aromatic rings. The van der Waals surface area contributed by atoms with E-state index < -0.39 is 41.6 Å². The summed E-state index contributed by atoms with van der Waals surface area (Å²) in [5.41, 5.74) is -2.84. The van der Waals surface area contributed by atoms with Crippen molar-refractivity contribution in [3.8, 4) is 11.5 Å². The number of amides is 1. The number of rotatable bonds is 7. The van der Waals surface area contributed by atoms with Gasteiger partial charge in [-0.25, -0.2) is 0 Å². The molecule has 7 nitrogen and oxygen atoms in total. The molecule has 0 aliphatic carbocycles. The molecule has 226 valence electrons. The second-order valence-electron chi connectivity index (χ2n) is 9.41. The van der Waals surface area contributed by atoms with Crippen molar-refractivity contribution in [1.82, 2.24) is 4.90 Å². The van der Waals surface area contributed by atoms with Crippen molar-refractivity contribution in [3.63, 3.8) is 0 Å². The van der Waals surface area contributed by atoms with Gasteiger partial charge < -0.3 is 19.1 Å². The van der Waals surface area contributed by atoms with Crippen molar-refractivity contribution >= 4 is 34.9 Å². The summed E-state index contributed by atoms with van der Waals surface area (Å²) < 4.78 is 95.3. The minimum absolute atomic E-state index is 0.0494. The van der Waals surface area contributed by atoms with Crippen molar-refractivity contribution < 1.29 is 50.1 Å². The third kappa shape index (κ3) is 7.39. The molecule has 4 rings (SSSR count). The number of likely N-dealkylation sites (tertiary alicyclic amines) is 1. The number of hydrogen-bond acceptors (Lipinski definition) is 7. The van der Waals surface area contributed by atoms with Gasteiger partial charge in [-0.1, -0.05) is 12.1 Å². The largest absolute Gasteiger partial charge is 0.493 e. The molecule has 2 aliphatic heterocycles. The second-order valence-corrected chi connectivity index (χ2v) is 10.4. The number of thioether (sulfide) groups is 1. The van der Waals surface area contributed by atoms with Gasteiger partial charge in [0.1, 0.15) is 6.61 Å². The van der Waals surface area contributed by atoms with E-state index >= 15 is 0 Å². The molecule has 2 aromatic carbocycles. The fraction of sp³-hybridized carbons (Fsp3) is 0.393. The number of methoxy groups -OCH3 is 1. The summed E-state index contributed by atoms with van der Waals surface area (Å²) in [6.07, 6.45) is -6.96. The number of carbonyl (C=O) groups excluding carboxylic acids is 2. The van der Waals surface area contributed by atoms with Crippen molar-refractivity contribution in [2.24, 2.45) is 10.9 Å². The van der Waals surface area contributed by atoms with E-state index in [1.54, 1.807) is 19.1 Å². The maximum Gasteiger partial charge on any atom is 0.416 e. The molecule has 1 fully saturated rings. The summed E-state index contributed by atoms with van der Waals surface area (Å²) in [7, 11) is 1.31. The Labute approximate surface area is 241 Å². The topological polar surface area (TPSA) is 77.4 Å². The van der Waals surface area contributed by atoms with E-state index in [1.807, 2.05) is 4.90 Å². The lowest BCUT2D eigenvalue weighted by atomic mass is 9.99. The zero-order valence-corrected chi connectivity index (χ0v) is 23.3. The Kier molecular flexibility index (Phi) is 9.43.